The first-order valence-corrected chi connectivity index (χ1v) is 7.38. The van der Waals surface area contributed by atoms with Gasteiger partial charge in [0.2, 0.25) is 0 Å². The standard InChI is InChI=1S/C12H13ClFN3OS/c13-8-3-10-11(4-9(8)14)17-12(16-10)19-6-7-5-15-1-2-18-7/h3-4,7,15H,1-2,5-6H2,(H,16,17)/t7-/m0/s1. The van der Waals surface area contributed by atoms with Crippen molar-refractivity contribution in [3.8, 4) is 0 Å². The molecular formula is C12H13ClFN3OS. The lowest BCUT2D eigenvalue weighted by molar-refractivity contribution is 0.0440. The van der Waals surface area contributed by atoms with Crippen molar-refractivity contribution in [3.63, 3.8) is 0 Å². The van der Waals surface area contributed by atoms with Gasteiger partial charge in [-0.2, -0.15) is 0 Å². The van der Waals surface area contributed by atoms with Gasteiger partial charge in [0, 0.05) is 24.9 Å². The van der Waals surface area contributed by atoms with Crippen LogP contribution in [0.4, 0.5) is 4.39 Å². The van der Waals surface area contributed by atoms with Gasteiger partial charge in [-0.25, -0.2) is 9.37 Å². The number of ether oxygens (including phenoxy) is 1. The average molecular weight is 302 g/mol. The van der Waals surface area contributed by atoms with Gasteiger partial charge in [-0.1, -0.05) is 23.4 Å². The molecule has 0 bridgehead atoms. The molecular weight excluding hydrogens is 289 g/mol. The summed E-state index contributed by atoms with van der Waals surface area (Å²) in [5.41, 5.74) is 1.34. The monoisotopic (exact) mass is 301 g/mol. The normalized spacial score (nSPS) is 20.0. The summed E-state index contributed by atoms with van der Waals surface area (Å²) in [4.78, 5) is 7.46. The van der Waals surface area contributed by atoms with Crippen LogP contribution in [0.5, 0.6) is 0 Å². The van der Waals surface area contributed by atoms with Gasteiger partial charge in [-0.15, -0.1) is 0 Å². The summed E-state index contributed by atoms with van der Waals surface area (Å²) in [7, 11) is 0. The molecule has 2 aromatic rings. The molecule has 1 saturated heterocycles. The van der Waals surface area contributed by atoms with Gasteiger partial charge in [0.15, 0.2) is 5.16 Å². The average Bonchev–Trinajstić information content (AvgIpc) is 2.80. The number of rotatable bonds is 3. The van der Waals surface area contributed by atoms with E-state index in [1.165, 1.54) is 12.1 Å². The number of imidazole rings is 1. The Bertz CT molecular complexity index is 547. The number of nitrogens with zero attached hydrogens (tertiary/aromatic N) is 1. The van der Waals surface area contributed by atoms with Crippen LogP contribution in [0.3, 0.4) is 0 Å². The Morgan fingerprint density at radius 3 is 3.21 bits per heavy atom. The molecule has 0 aliphatic carbocycles. The highest BCUT2D eigenvalue weighted by Gasteiger charge is 2.15. The van der Waals surface area contributed by atoms with E-state index in [9.17, 15) is 4.39 Å². The van der Waals surface area contributed by atoms with Gasteiger partial charge in [-0.05, 0) is 6.07 Å². The van der Waals surface area contributed by atoms with Crippen LogP contribution in [0.1, 0.15) is 0 Å². The van der Waals surface area contributed by atoms with Gasteiger partial charge in [0.05, 0.1) is 28.8 Å². The van der Waals surface area contributed by atoms with Crippen molar-refractivity contribution in [1.29, 1.82) is 0 Å². The summed E-state index contributed by atoms with van der Waals surface area (Å²) in [6.45, 7) is 2.50. The molecule has 0 radical (unpaired) electrons. The number of morpholine rings is 1. The SMILES string of the molecule is Fc1cc2[nH]c(SC[C@@H]3CNCCO3)nc2cc1Cl. The molecule has 102 valence electrons. The number of nitrogens with one attached hydrogen (secondary N) is 2. The molecule has 1 aliphatic rings. The largest absolute Gasteiger partial charge is 0.375 e. The molecule has 3 rings (SSSR count). The van der Waals surface area contributed by atoms with Crippen LogP contribution in [0.15, 0.2) is 17.3 Å². The second-order valence-electron chi connectivity index (χ2n) is 4.33. The second kappa shape index (κ2) is 5.66. The first-order chi connectivity index (χ1) is 9.22. The number of hydrogen-bond donors (Lipinski definition) is 2. The maximum atomic E-state index is 13.3. The molecule has 1 aromatic heterocycles. The maximum Gasteiger partial charge on any atom is 0.166 e. The Morgan fingerprint density at radius 2 is 2.42 bits per heavy atom. The summed E-state index contributed by atoms with van der Waals surface area (Å²) < 4.78 is 18.9. The number of thioether (sulfide) groups is 1. The molecule has 1 fully saturated rings. The van der Waals surface area contributed by atoms with E-state index in [1.54, 1.807) is 11.8 Å². The van der Waals surface area contributed by atoms with Crippen LogP contribution < -0.4 is 5.32 Å². The number of H-pyrrole nitrogens is 1. The van der Waals surface area contributed by atoms with Crippen LogP contribution in [0.25, 0.3) is 11.0 Å². The molecule has 4 nitrogen and oxygen atoms in total. The highest BCUT2D eigenvalue weighted by atomic mass is 35.5. The van der Waals surface area contributed by atoms with Gasteiger partial charge in [-0.3, -0.25) is 0 Å². The van der Waals surface area contributed by atoms with Crippen molar-refractivity contribution in [2.75, 3.05) is 25.4 Å². The van der Waals surface area contributed by atoms with Gasteiger partial charge in [0.1, 0.15) is 5.82 Å². The van der Waals surface area contributed by atoms with Gasteiger partial charge < -0.3 is 15.0 Å². The molecule has 0 saturated carbocycles. The van der Waals surface area contributed by atoms with Crippen molar-refractivity contribution < 1.29 is 9.13 Å². The molecule has 1 atom stereocenters. The smallest absolute Gasteiger partial charge is 0.166 e. The summed E-state index contributed by atoms with van der Waals surface area (Å²) in [6.07, 6.45) is 0.187. The van der Waals surface area contributed by atoms with E-state index in [4.69, 9.17) is 16.3 Å². The Morgan fingerprint density at radius 1 is 1.53 bits per heavy atom. The summed E-state index contributed by atoms with van der Waals surface area (Å²) in [5.74, 6) is 0.373. The first kappa shape index (κ1) is 13.2. The van der Waals surface area contributed by atoms with Crippen LogP contribution in [-0.4, -0.2) is 41.5 Å². The fourth-order valence-electron chi connectivity index (χ4n) is 1.95. The van der Waals surface area contributed by atoms with Crippen molar-refractivity contribution in [3.05, 3.63) is 23.0 Å². The number of aromatic amines is 1. The third kappa shape index (κ3) is 3.02. The fraction of sp³-hybridized carbons (Fsp3) is 0.417. The number of aromatic nitrogens is 2. The predicted octanol–water partition coefficient (Wildman–Crippen LogP) is 2.44. The number of benzene rings is 1. The first-order valence-electron chi connectivity index (χ1n) is 6.02. The van der Waals surface area contributed by atoms with Crippen molar-refractivity contribution in [1.82, 2.24) is 15.3 Å². The van der Waals surface area contributed by atoms with E-state index in [2.05, 4.69) is 15.3 Å². The van der Waals surface area contributed by atoms with E-state index in [0.717, 1.165) is 30.6 Å². The van der Waals surface area contributed by atoms with Crippen LogP contribution in [-0.2, 0) is 4.74 Å². The lowest BCUT2D eigenvalue weighted by atomic mass is 10.3. The zero-order chi connectivity index (χ0) is 13.2. The second-order valence-corrected chi connectivity index (χ2v) is 5.75. The fourth-order valence-corrected chi connectivity index (χ4v) is 3.01. The Labute approximate surface area is 119 Å². The van der Waals surface area contributed by atoms with Gasteiger partial charge in [0.25, 0.3) is 0 Å². The third-order valence-corrected chi connectivity index (χ3v) is 4.21. The molecule has 0 amide bonds. The zero-order valence-electron chi connectivity index (χ0n) is 10.1. The summed E-state index contributed by atoms with van der Waals surface area (Å²) in [6, 6.07) is 2.90. The quantitative estimate of drug-likeness (QED) is 0.855. The van der Waals surface area contributed by atoms with Crippen LogP contribution in [0, 0.1) is 5.82 Å². The topological polar surface area (TPSA) is 49.9 Å². The lowest BCUT2D eigenvalue weighted by Crippen LogP contribution is -2.39. The molecule has 0 unspecified atom stereocenters. The molecule has 2 heterocycles. The number of hydrogen-bond acceptors (Lipinski definition) is 4. The van der Waals surface area contributed by atoms with Crippen LogP contribution in [0.2, 0.25) is 5.02 Å². The number of halogens is 2. The van der Waals surface area contributed by atoms with Crippen molar-refractivity contribution in [2.24, 2.45) is 0 Å². The highest BCUT2D eigenvalue weighted by molar-refractivity contribution is 7.99. The molecule has 19 heavy (non-hydrogen) atoms. The minimum Gasteiger partial charge on any atom is -0.375 e. The van der Waals surface area contributed by atoms with Crippen molar-refractivity contribution in [2.45, 2.75) is 11.3 Å². The van der Waals surface area contributed by atoms with Crippen LogP contribution >= 0.6 is 23.4 Å². The summed E-state index contributed by atoms with van der Waals surface area (Å²) in [5, 5.41) is 4.12. The Hall–Kier alpha value is -0.820. The lowest BCUT2D eigenvalue weighted by Gasteiger charge is -2.22. The van der Waals surface area contributed by atoms with E-state index >= 15 is 0 Å². The van der Waals surface area contributed by atoms with E-state index < -0.39 is 5.82 Å². The number of fused-ring (bicyclic) bond motifs is 1. The Kier molecular flexibility index (Phi) is 3.93. The van der Waals surface area contributed by atoms with E-state index in [-0.39, 0.29) is 11.1 Å². The van der Waals surface area contributed by atoms with E-state index in [1.807, 2.05) is 0 Å². The Balaban J connectivity index is 1.70. The third-order valence-electron chi connectivity index (χ3n) is 2.91. The van der Waals surface area contributed by atoms with Gasteiger partial charge >= 0.3 is 0 Å². The minimum absolute atomic E-state index is 0.0929. The maximum absolute atomic E-state index is 13.3. The van der Waals surface area contributed by atoms with Crippen molar-refractivity contribution >= 4 is 34.4 Å². The highest BCUT2D eigenvalue weighted by Crippen LogP contribution is 2.25. The predicted molar refractivity (Wildman–Crippen MR) is 74.4 cm³/mol. The molecule has 1 aliphatic heterocycles. The molecule has 7 heteroatoms. The zero-order valence-corrected chi connectivity index (χ0v) is 11.7. The molecule has 1 aromatic carbocycles. The van der Waals surface area contributed by atoms with E-state index in [0.29, 0.717) is 11.0 Å². The minimum atomic E-state index is -0.436. The molecule has 2 N–H and O–H groups in total. The molecule has 0 spiro atoms. The summed E-state index contributed by atoms with van der Waals surface area (Å²) >= 11 is 7.30.